The van der Waals surface area contributed by atoms with Crippen molar-refractivity contribution in [2.45, 2.75) is 12.5 Å². The first-order valence-corrected chi connectivity index (χ1v) is 6.33. The van der Waals surface area contributed by atoms with Gasteiger partial charge in [-0.25, -0.2) is 4.98 Å². The van der Waals surface area contributed by atoms with Crippen molar-refractivity contribution in [1.82, 2.24) is 15.3 Å². The number of thiocarbonyl (C=S) groups is 1. The molecule has 3 rings (SSSR count). The molecule has 0 aliphatic carbocycles. The maximum Gasteiger partial charge on any atom is 0.256 e. The van der Waals surface area contributed by atoms with Gasteiger partial charge in [-0.1, -0.05) is 18.2 Å². The van der Waals surface area contributed by atoms with Crippen LogP contribution in [0.5, 0.6) is 0 Å². The molecule has 19 heavy (non-hydrogen) atoms. The second kappa shape index (κ2) is 4.81. The number of nitrogens with zero attached hydrogens (tertiary/aromatic N) is 2. The Hall–Kier alpha value is -2.21. The molecule has 96 valence electrons. The number of aromatic amines is 1. The van der Waals surface area contributed by atoms with E-state index in [1.165, 1.54) is 4.90 Å². The van der Waals surface area contributed by atoms with E-state index in [0.717, 1.165) is 11.4 Å². The Kier molecular flexibility index (Phi) is 3.00. The Bertz CT molecular complexity index is 596. The number of amides is 1. The molecular weight excluding hydrogens is 260 g/mol. The maximum absolute atomic E-state index is 12.4. The van der Waals surface area contributed by atoms with Gasteiger partial charge in [-0.3, -0.25) is 9.69 Å². The molecule has 1 amide bonds. The summed E-state index contributed by atoms with van der Waals surface area (Å²) in [6, 6.07) is 9.06. The van der Waals surface area contributed by atoms with Crippen LogP contribution in [0.3, 0.4) is 0 Å². The lowest BCUT2D eigenvalue weighted by atomic mass is 10.1. The molecule has 1 aliphatic heterocycles. The monoisotopic (exact) mass is 272 g/mol. The van der Waals surface area contributed by atoms with E-state index >= 15 is 0 Å². The van der Waals surface area contributed by atoms with Gasteiger partial charge < -0.3 is 10.3 Å². The van der Waals surface area contributed by atoms with Crippen molar-refractivity contribution in [2.75, 3.05) is 4.90 Å². The highest BCUT2D eigenvalue weighted by atomic mass is 32.1. The highest BCUT2D eigenvalue weighted by Crippen LogP contribution is 2.20. The first-order chi connectivity index (χ1) is 9.25. The van der Waals surface area contributed by atoms with Crippen LogP contribution >= 0.6 is 12.2 Å². The zero-order valence-corrected chi connectivity index (χ0v) is 10.9. The summed E-state index contributed by atoms with van der Waals surface area (Å²) < 4.78 is 0. The van der Waals surface area contributed by atoms with Crippen LogP contribution in [-0.4, -0.2) is 27.0 Å². The topological polar surface area (TPSA) is 61.0 Å². The Morgan fingerprint density at radius 1 is 1.32 bits per heavy atom. The summed E-state index contributed by atoms with van der Waals surface area (Å²) >= 11 is 5.24. The number of carbonyl (C=O) groups is 1. The molecule has 1 aromatic carbocycles. The molecule has 0 saturated carbocycles. The number of nitrogens with one attached hydrogen (secondary N) is 2. The smallest absolute Gasteiger partial charge is 0.256 e. The fourth-order valence-electron chi connectivity index (χ4n) is 2.11. The van der Waals surface area contributed by atoms with E-state index in [9.17, 15) is 4.79 Å². The summed E-state index contributed by atoms with van der Waals surface area (Å²) in [5.41, 5.74) is 1.70. The lowest BCUT2D eigenvalue weighted by Crippen LogP contribution is -2.32. The molecule has 0 unspecified atom stereocenters. The number of hydrogen-bond acceptors (Lipinski definition) is 3. The molecule has 2 N–H and O–H groups in total. The van der Waals surface area contributed by atoms with Crippen LogP contribution in [0.15, 0.2) is 42.9 Å². The summed E-state index contributed by atoms with van der Waals surface area (Å²) in [6.45, 7) is 0. The molecule has 1 aliphatic rings. The van der Waals surface area contributed by atoms with Crippen LogP contribution < -0.4 is 10.2 Å². The normalized spacial score (nSPS) is 18.7. The third kappa shape index (κ3) is 2.22. The summed E-state index contributed by atoms with van der Waals surface area (Å²) in [4.78, 5) is 20.9. The van der Waals surface area contributed by atoms with Crippen molar-refractivity contribution >= 4 is 28.9 Å². The molecule has 5 nitrogen and oxygen atoms in total. The fourth-order valence-corrected chi connectivity index (χ4v) is 2.45. The number of imidazole rings is 1. The summed E-state index contributed by atoms with van der Waals surface area (Å²) in [5, 5.41) is 3.50. The van der Waals surface area contributed by atoms with E-state index in [-0.39, 0.29) is 11.9 Å². The Labute approximate surface area is 115 Å². The third-order valence-corrected chi connectivity index (χ3v) is 3.31. The van der Waals surface area contributed by atoms with Crippen molar-refractivity contribution in [3.63, 3.8) is 0 Å². The van der Waals surface area contributed by atoms with Gasteiger partial charge in [0, 0.05) is 18.3 Å². The van der Waals surface area contributed by atoms with E-state index in [0.29, 0.717) is 11.5 Å². The molecule has 0 bridgehead atoms. The predicted molar refractivity (Wildman–Crippen MR) is 75.7 cm³/mol. The van der Waals surface area contributed by atoms with Crippen molar-refractivity contribution < 1.29 is 4.79 Å². The van der Waals surface area contributed by atoms with Gasteiger partial charge in [-0.2, -0.15) is 0 Å². The van der Waals surface area contributed by atoms with Gasteiger partial charge in [0.1, 0.15) is 6.04 Å². The lowest BCUT2D eigenvalue weighted by molar-refractivity contribution is -0.118. The van der Waals surface area contributed by atoms with E-state index in [2.05, 4.69) is 15.3 Å². The molecule has 0 radical (unpaired) electrons. The largest absolute Gasteiger partial charge is 0.350 e. The molecule has 1 atom stereocenters. The molecule has 0 spiro atoms. The number of carbonyl (C=O) groups excluding carboxylic acids is 1. The predicted octanol–water partition coefficient (Wildman–Crippen LogP) is 1.24. The Balaban J connectivity index is 1.82. The van der Waals surface area contributed by atoms with Crippen LogP contribution in [0.1, 0.15) is 5.69 Å². The van der Waals surface area contributed by atoms with E-state index < -0.39 is 0 Å². The SMILES string of the molecule is O=C1[C@H](Cc2cnc[nH]2)NC(=S)N1c1ccccc1. The quantitative estimate of drug-likeness (QED) is 0.825. The first-order valence-electron chi connectivity index (χ1n) is 5.92. The number of hydrogen-bond donors (Lipinski definition) is 2. The van der Waals surface area contributed by atoms with E-state index in [4.69, 9.17) is 12.2 Å². The Morgan fingerprint density at radius 3 is 2.79 bits per heavy atom. The van der Waals surface area contributed by atoms with Gasteiger partial charge in [0.15, 0.2) is 5.11 Å². The number of benzene rings is 1. The number of anilines is 1. The molecule has 1 fully saturated rings. The second-order valence-corrected chi connectivity index (χ2v) is 4.68. The van der Waals surface area contributed by atoms with Gasteiger partial charge >= 0.3 is 0 Å². The van der Waals surface area contributed by atoms with Gasteiger partial charge in [0.05, 0.1) is 12.0 Å². The third-order valence-electron chi connectivity index (χ3n) is 3.01. The average molecular weight is 272 g/mol. The molecular formula is C13H12N4OS. The van der Waals surface area contributed by atoms with Crippen LogP contribution in [0.4, 0.5) is 5.69 Å². The summed E-state index contributed by atoms with van der Waals surface area (Å²) in [6.07, 6.45) is 3.85. The van der Waals surface area contributed by atoms with Crippen molar-refractivity contribution in [1.29, 1.82) is 0 Å². The molecule has 2 aromatic rings. The zero-order chi connectivity index (χ0) is 13.2. The number of H-pyrrole nitrogens is 1. The minimum Gasteiger partial charge on any atom is -0.350 e. The average Bonchev–Trinajstić information content (AvgIpc) is 3.01. The standard InChI is InChI=1S/C13H12N4OS/c18-12-11(6-9-7-14-8-15-9)16-13(19)17(12)10-4-2-1-3-5-10/h1-5,7-8,11H,6H2,(H,14,15)(H,16,19)/t11-/m0/s1. The highest BCUT2D eigenvalue weighted by molar-refractivity contribution is 7.80. The summed E-state index contributed by atoms with van der Waals surface area (Å²) in [5.74, 6) is -0.0363. The number of para-hydroxylation sites is 1. The van der Waals surface area contributed by atoms with Crippen LogP contribution in [-0.2, 0) is 11.2 Å². The minimum absolute atomic E-state index is 0.0363. The van der Waals surface area contributed by atoms with Gasteiger partial charge in [-0.05, 0) is 24.4 Å². The zero-order valence-electron chi connectivity index (χ0n) is 10.0. The minimum atomic E-state index is -0.340. The van der Waals surface area contributed by atoms with E-state index in [1.54, 1.807) is 12.5 Å². The van der Waals surface area contributed by atoms with Gasteiger partial charge in [-0.15, -0.1) is 0 Å². The fraction of sp³-hybridized carbons (Fsp3) is 0.154. The second-order valence-electron chi connectivity index (χ2n) is 4.29. The first kappa shape index (κ1) is 11.9. The van der Waals surface area contributed by atoms with Crippen molar-refractivity contribution in [2.24, 2.45) is 0 Å². The molecule has 2 heterocycles. The lowest BCUT2D eigenvalue weighted by Gasteiger charge is -2.14. The maximum atomic E-state index is 12.4. The molecule has 6 heteroatoms. The number of rotatable bonds is 3. The van der Waals surface area contributed by atoms with Gasteiger partial charge in [0.2, 0.25) is 0 Å². The van der Waals surface area contributed by atoms with Gasteiger partial charge in [0.25, 0.3) is 5.91 Å². The van der Waals surface area contributed by atoms with E-state index in [1.807, 2.05) is 30.3 Å². The van der Waals surface area contributed by atoms with Crippen molar-refractivity contribution in [3.8, 4) is 0 Å². The Morgan fingerprint density at radius 2 is 2.11 bits per heavy atom. The van der Waals surface area contributed by atoms with Crippen LogP contribution in [0.2, 0.25) is 0 Å². The highest BCUT2D eigenvalue weighted by Gasteiger charge is 2.36. The van der Waals surface area contributed by atoms with Crippen LogP contribution in [0, 0.1) is 0 Å². The molecule has 1 saturated heterocycles. The van der Waals surface area contributed by atoms with Crippen molar-refractivity contribution in [3.05, 3.63) is 48.5 Å². The van der Waals surface area contributed by atoms with Crippen LogP contribution in [0.25, 0.3) is 0 Å². The molecule has 1 aromatic heterocycles. The number of aromatic nitrogens is 2. The summed E-state index contributed by atoms with van der Waals surface area (Å²) in [7, 11) is 0.